The van der Waals surface area contributed by atoms with E-state index in [1.165, 1.54) is 43.8 Å². The first-order valence-corrected chi connectivity index (χ1v) is 8.31. The van der Waals surface area contributed by atoms with E-state index in [0.717, 1.165) is 12.8 Å². The van der Waals surface area contributed by atoms with Crippen LogP contribution in [0.3, 0.4) is 0 Å². The van der Waals surface area contributed by atoms with Crippen molar-refractivity contribution < 1.29 is 14.3 Å². The SMILES string of the molecule is C=C1C[C@H]1[C@H](CCCCCCC)OC/C=C/C(=O)OCC. The molecular weight excluding hydrogens is 264 g/mol. The van der Waals surface area contributed by atoms with Gasteiger partial charge in [-0.05, 0) is 19.8 Å². The molecule has 0 aromatic heterocycles. The molecule has 1 aliphatic rings. The fourth-order valence-corrected chi connectivity index (χ4v) is 2.48. The average molecular weight is 294 g/mol. The standard InChI is InChI=1S/C18H30O3/c1-4-6-7-8-9-11-17(16-14-15(16)3)21-13-10-12-18(19)20-5-2/h10,12,16-17H,3-9,11,13-14H2,1-2H3/b12-10+/t16-,17+/m1/s1. The van der Waals surface area contributed by atoms with Gasteiger partial charge < -0.3 is 9.47 Å². The second-order valence-electron chi connectivity index (χ2n) is 5.70. The molecule has 0 aromatic carbocycles. The van der Waals surface area contributed by atoms with Gasteiger partial charge in [0.05, 0.1) is 19.3 Å². The van der Waals surface area contributed by atoms with Crippen LogP contribution < -0.4 is 0 Å². The molecule has 0 saturated heterocycles. The van der Waals surface area contributed by atoms with Gasteiger partial charge in [-0.15, -0.1) is 0 Å². The molecule has 3 nitrogen and oxygen atoms in total. The smallest absolute Gasteiger partial charge is 0.330 e. The van der Waals surface area contributed by atoms with Crippen LogP contribution >= 0.6 is 0 Å². The highest BCUT2D eigenvalue weighted by atomic mass is 16.5. The Morgan fingerprint density at radius 3 is 2.67 bits per heavy atom. The topological polar surface area (TPSA) is 35.5 Å². The highest BCUT2D eigenvalue weighted by molar-refractivity contribution is 5.81. The summed E-state index contributed by atoms with van der Waals surface area (Å²) in [6.07, 6.45) is 12.1. The van der Waals surface area contributed by atoms with Crippen LogP contribution in [0.5, 0.6) is 0 Å². The number of carbonyl (C=O) groups is 1. The van der Waals surface area contributed by atoms with Crippen molar-refractivity contribution >= 4 is 5.97 Å². The average Bonchev–Trinajstić information content (AvgIpc) is 3.18. The van der Waals surface area contributed by atoms with Gasteiger partial charge in [0.1, 0.15) is 0 Å². The quantitative estimate of drug-likeness (QED) is 0.231. The molecule has 0 unspecified atom stereocenters. The number of hydrogen-bond donors (Lipinski definition) is 0. The largest absolute Gasteiger partial charge is 0.463 e. The van der Waals surface area contributed by atoms with Crippen LogP contribution in [-0.2, 0) is 14.3 Å². The zero-order valence-electron chi connectivity index (χ0n) is 13.6. The van der Waals surface area contributed by atoms with Crippen LogP contribution in [0.1, 0.15) is 58.8 Å². The van der Waals surface area contributed by atoms with Crippen LogP contribution in [0.25, 0.3) is 0 Å². The molecular formula is C18H30O3. The lowest BCUT2D eigenvalue weighted by molar-refractivity contribution is -0.137. The van der Waals surface area contributed by atoms with Crippen LogP contribution in [0, 0.1) is 5.92 Å². The number of rotatable bonds is 12. The van der Waals surface area contributed by atoms with Gasteiger partial charge in [-0.1, -0.05) is 57.3 Å². The first-order valence-electron chi connectivity index (χ1n) is 8.31. The molecule has 2 atom stereocenters. The first kappa shape index (κ1) is 18.0. The monoisotopic (exact) mass is 294 g/mol. The lowest BCUT2D eigenvalue weighted by Crippen LogP contribution is -2.16. The highest BCUT2D eigenvalue weighted by Crippen LogP contribution is 2.41. The van der Waals surface area contributed by atoms with Gasteiger partial charge in [0.2, 0.25) is 0 Å². The Hall–Kier alpha value is -1.09. The van der Waals surface area contributed by atoms with E-state index in [2.05, 4.69) is 13.5 Å². The number of ether oxygens (including phenoxy) is 2. The Bertz CT molecular complexity index is 346. The molecule has 1 rings (SSSR count). The minimum Gasteiger partial charge on any atom is -0.463 e. The van der Waals surface area contributed by atoms with Crippen molar-refractivity contribution in [1.82, 2.24) is 0 Å². The van der Waals surface area contributed by atoms with E-state index < -0.39 is 0 Å². The summed E-state index contributed by atoms with van der Waals surface area (Å²) in [5.41, 5.74) is 1.31. The molecule has 0 N–H and O–H groups in total. The van der Waals surface area contributed by atoms with Crippen molar-refractivity contribution in [1.29, 1.82) is 0 Å². The van der Waals surface area contributed by atoms with E-state index in [1.54, 1.807) is 13.0 Å². The third kappa shape index (κ3) is 8.05. The number of hydrogen-bond acceptors (Lipinski definition) is 3. The fourth-order valence-electron chi connectivity index (χ4n) is 2.48. The number of esters is 1. The van der Waals surface area contributed by atoms with Gasteiger partial charge in [-0.3, -0.25) is 0 Å². The van der Waals surface area contributed by atoms with Gasteiger partial charge in [0, 0.05) is 12.0 Å². The van der Waals surface area contributed by atoms with E-state index in [0.29, 0.717) is 19.1 Å². The number of unbranched alkanes of at least 4 members (excludes halogenated alkanes) is 4. The molecule has 0 spiro atoms. The van der Waals surface area contributed by atoms with E-state index in [9.17, 15) is 4.79 Å². The Kier molecular flexibility index (Phi) is 9.07. The summed E-state index contributed by atoms with van der Waals surface area (Å²) >= 11 is 0. The molecule has 0 amide bonds. The van der Waals surface area contributed by atoms with E-state index >= 15 is 0 Å². The summed E-state index contributed by atoms with van der Waals surface area (Å²) < 4.78 is 10.7. The van der Waals surface area contributed by atoms with E-state index in [4.69, 9.17) is 9.47 Å². The molecule has 0 heterocycles. The van der Waals surface area contributed by atoms with Crippen molar-refractivity contribution in [3.8, 4) is 0 Å². The summed E-state index contributed by atoms with van der Waals surface area (Å²) in [6, 6.07) is 0. The second-order valence-corrected chi connectivity index (χ2v) is 5.70. The van der Waals surface area contributed by atoms with Crippen LogP contribution in [0.4, 0.5) is 0 Å². The molecule has 0 radical (unpaired) electrons. The Balaban J connectivity index is 2.21. The lowest BCUT2D eigenvalue weighted by atomic mass is 10.0. The van der Waals surface area contributed by atoms with Gasteiger partial charge >= 0.3 is 5.97 Å². The van der Waals surface area contributed by atoms with Crippen molar-refractivity contribution in [3.05, 3.63) is 24.3 Å². The van der Waals surface area contributed by atoms with Gasteiger partial charge in [0.15, 0.2) is 0 Å². The molecule has 120 valence electrons. The third-order valence-corrected chi connectivity index (χ3v) is 3.83. The molecule has 0 aliphatic heterocycles. The predicted octanol–water partition coefficient (Wildman–Crippen LogP) is 4.43. The molecule has 1 saturated carbocycles. The van der Waals surface area contributed by atoms with Crippen LogP contribution in [0.2, 0.25) is 0 Å². The summed E-state index contributed by atoms with van der Waals surface area (Å²) in [5.74, 6) is 0.236. The highest BCUT2D eigenvalue weighted by Gasteiger charge is 2.35. The maximum absolute atomic E-state index is 11.2. The maximum Gasteiger partial charge on any atom is 0.330 e. The first-order chi connectivity index (χ1) is 10.2. The van der Waals surface area contributed by atoms with E-state index in [-0.39, 0.29) is 12.1 Å². The van der Waals surface area contributed by atoms with Crippen molar-refractivity contribution in [2.24, 2.45) is 5.92 Å². The zero-order chi connectivity index (χ0) is 15.5. The second kappa shape index (κ2) is 10.6. The van der Waals surface area contributed by atoms with Crippen molar-refractivity contribution in [3.63, 3.8) is 0 Å². The molecule has 1 fully saturated rings. The molecule has 0 bridgehead atoms. The summed E-state index contributed by atoms with van der Waals surface area (Å²) in [5, 5.41) is 0. The minimum absolute atomic E-state index is 0.269. The normalized spacial score (nSPS) is 19.0. The van der Waals surface area contributed by atoms with Crippen molar-refractivity contribution in [2.45, 2.75) is 64.9 Å². The summed E-state index contributed by atoms with van der Waals surface area (Å²) in [6.45, 7) is 8.95. The zero-order valence-corrected chi connectivity index (χ0v) is 13.6. The lowest BCUT2D eigenvalue weighted by Gasteiger charge is -2.16. The van der Waals surface area contributed by atoms with Crippen LogP contribution in [0.15, 0.2) is 24.3 Å². The van der Waals surface area contributed by atoms with Crippen molar-refractivity contribution in [2.75, 3.05) is 13.2 Å². The Morgan fingerprint density at radius 2 is 2.05 bits per heavy atom. The summed E-state index contributed by atoms with van der Waals surface area (Å²) in [4.78, 5) is 11.2. The fraction of sp³-hybridized carbons (Fsp3) is 0.722. The molecule has 3 heteroatoms. The molecule has 0 aromatic rings. The van der Waals surface area contributed by atoms with Crippen LogP contribution in [-0.4, -0.2) is 25.3 Å². The summed E-state index contributed by atoms with van der Waals surface area (Å²) in [7, 11) is 0. The van der Waals surface area contributed by atoms with Gasteiger partial charge in [-0.2, -0.15) is 0 Å². The minimum atomic E-state index is -0.298. The Labute approximate surface area is 129 Å². The number of carbonyl (C=O) groups excluding carboxylic acids is 1. The van der Waals surface area contributed by atoms with Gasteiger partial charge in [0.25, 0.3) is 0 Å². The maximum atomic E-state index is 11.2. The predicted molar refractivity (Wildman–Crippen MR) is 86.1 cm³/mol. The van der Waals surface area contributed by atoms with Gasteiger partial charge in [-0.25, -0.2) is 4.79 Å². The molecule has 1 aliphatic carbocycles. The Morgan fingerprint density at radius 1 is 1.33 bits per heavy atom. The third-order valence-electron chi connectivity index (χ3n) is 3.83. The van der Waals surface area contributed by atoms with E-state index in [1.807, 2.05) is 0 Å². The molecule has 21 heavy (non-hydrogen) atoms.